The second-order valence-corrected chi connectivity index (χ2v) is 8.89. The molecule has 5 nitrogen and oxygen atoms in total. The molecular formula is C17H33NO4S2. The summed E-state index contributed by atoms with van der Waals surface area (Å²) in [5.41, 5.74) is -0.591. The molecule has 0 spiro atoms. The number of unbranched alkanes of at least 4 members (excludes halogenated alkanes) is 2. The Kier molecular flexibility index (Phi) is 10.4. The summed E-state index contributed by atoms with van der Waals surface area (Å²) in [7, 11) is 0. The maximum Gasteiger partial charge on any atom is 0.325 e. The van der Waals surface area contributed by atoms with Crippen molar-refractivity contribution in [1.29, 1.82) is 0 Å². The molecule has 0 aliphatic rings. The number of hydrogen-bond donors (Lipinski definition) is 3. The van der Waals surface area contributed by atoms with Crippen molar-refractivity contribution in [2.24, 2.45) is 0 Å². The third-order valence-corrected chi connectivity index (χ3v) is 4.27. The van der Waals surface area contributed by atoms with Gasteiger partial charge >= 0.3 is 11.9 Å². The molecule has 142 valence electrons. The molecule has 0 radical (unpaired) electrons. The van der Waals surface area contributed by atoms with Crippen LogP contribution in [0, 0.1) is 0 Å². The van der Waals surface area contributed by atoms with Crippen LogP contribution in [0.25, 0.3) is 0 Å². The van der Waals surface area contributed by atoms with Gasteiger partial charge in [-0.15, -0.1) is 0 Å². The van der Waals surface area contributed by atoms with Crippen LogP contribution in [0.5, 0.6) is 0 Å². The van der Waals surface area contributed by atoms with E-state index in [9.17, 15) is 9.59 Å². The van der Waals surface area contributed by atoms with Gasteiger partial charge < -0.3 is 9.47 Å². The Balaban J connectivity index is 5.07. The average molecular weight is 380 g/mol. The number of rotatable bonds is 10. The summed E-state index contributed by atoms with van der Waals surface area (Å²) >= 11 is 9.13. The number of hydrogen-bond acceptors (Lipinski definition) is 7. The van der Waals surface area contributed by atoms with Gasteiger partial charge in [0.15, 0.2) is 0 Å². The third kappa shape index (κ3) is 9.18. The van der Waals surface area contributed by atoms with E-state index in [-0.39, 0.29) is 6.61 Å². The maximum absolute atomic E-state index is 12.3. The van der Waals surface area contributed by atoms with Crippen LogP contribution >= 0.6 is 25.3 Å². The zero-order chi connectivity index (χ0) is 19.0. The summed E-state index contributed by atoms with van der Waals surface area (Å²) in [6.45, 7) is 11.1. The van der Waals surface area contributed by atoms with Gasteiger partial charge in [-0.05, 0) is 41.0 Å². The number of carbonyl (C=O) groups is 2. The van der Waals surface area contributed by atoms with E-state index >= 15 is 0 Å². The summed E-state index contributed by atoms with van der Waals surface area (Å²) in [6, 6.07) is -1.49. The minimum atomic E-state index is -0.919. The molecule has 0 heterocycles. The summed E-state index contributed by atoms with van der Waals surface area (Å²) in [4.78, 5) is 24.5. The molecule has 0 saturated heterocycles. The molecule has 24 heavy (non-hydrogen) atoms. The molecule has 0 bridgehead atoms. The molecule has 1 unspecified atom stereocenters. The number of nitrogens with one attached hydrogen (secondary N) is 1. The second kappa shape index (κ2) is 10.6. The fraction of sp³-hybridized carbons (Fsp3) is 0.882. The molecule has 0 aliphatic carbocycles. The van der Waals surface area contributed by atoms with Crippen molar-refractivity contribution >= 4 is 37.2 Å². The monoisotopic (exact) mass is 379 g/mol. The van der Waals surface area contributed by atoms with Crippen molar-refractivity contribution in [2.75, 3.05) is 6.61 Å². The molecule has 0 saturated carbocycles. The summed E-state index contributed by atoms with van der Waals surface area (Å²) in [6.07, 6.45) is 3.59. The number of ether oxygens (including phenoxy) is 2. The van der Waals surface area contributed by atoms with Crippen LogP contribution in [0.3, 0.4) is 0 Å². The lowest BCUT2D eigenvalue weighted by molar-refractivity contribution is -0.157. The van der Waals surface area contributed by atoms with Crippen molar-refractivity contribution in [3.8, 4) is 0 Å². The van der Waals surface area contributed by atoms with Crippen molar-refractivity contribution in [3.63, 3.8) is 0 Å². The molecular weight excluding hydrogens is 346 g/mol. The molecule has 0 aliphatic heterocycles. The van der Waals surface area contributed by atoms with Gasteiger partial charge in [0.25, 0.3) is 0 Å². The summed E-state index contributed by atoms with van der Waals surface area (Å²) in [5.74, 6) is -0.891. The lowest BCUT2D eigenvalue weighted by Crippen LogP contribution is -2.55. The molecule has 1 N–H and O–H groups in total. The Morgan fingerprint density at radius 1 is 1.08 bits per heavy atom. The molecule has 0 aromatic rings. The fourth-order valence-electron chi connectivity index (χ4n) is 2.10. The van der Waals surface area contributed by atoms with E-state index in [1.807, 2.05) is 0 Å². The van der Waals surface area contributed by atoms with E-state index in [2.05, 4.69) is 37.5 Å². The van der Waals surface area contributed by atoms with Gasteiger partial charge in [-0.25, -0.2) is 0 Å². The quantitative estimate of drug-likeness (QED) is 0.235. The summed E-state index contributed by atoms with van der Waals surface area (Å²) in [5, 5.41) is 2.99. The van der Waals surface area contributed by atoms with E-state index in [0.717, 1.165) is 19.3 Å². The lowest BCUT2D eigenvalue weighted by atomic mass is 10.0. The highest BCUT2D eigenvalue weighted by molar-refractivity contribution is 8.00. The Hall–Kier alpha value is -0.400. The first kappa shape index (κ1) is 23.6. The first-order valence-corrected chi connectivity index (χ1v) is 9.44. The van der Waals surface area contributed by atoms with E-state index in [4.69, 9.17) is 9.47 Å². The van der Waals surface area contributed by atoms with E-state index < -0.39 is 33.7 Å². The van der Waals surface area contributed by atoms with Gasteiger partial charge in [-0.1, -0.05) is 26.2 Å². The van der Waals surface area contributed by atoms with E-state index in [0.29, 0.717) is 6.42 Å². The molecule has 0 aromatic carbocycles. The fourth-order valence-corrected chi connectivity index (χ4v) is 2.78. The Bertz CT molecular complexity index is 408. The van der Waals surface area contributed by atoms with Gasteiger partial charge in [0.1, 0.15) is 17.7 Å². The van der Waals surface area contributed by atoms with Gasteiger partial charge in [-0.2, -0.15) is 25.3 Å². The molecule has 0 fully saturated rings. The van der Waals surface area contributed by atoms with Crippen molar-refractivity contribution in [2.45, 2.75) is 89.0 Å². The minimum Gasteiger partial charge on any atom is -0.465 e. The first-order valence-electron chi connectivity index (χ1n) is 8.55. The van der Waals surface area contributed by atoms with E-state index in [1.165, 1.54) is 0 Å². The number of carbonyl (C=O) groups excluding carboxylic acids is 2. The zero-order valence-electron chi connectivity index (χ0n) is 15.7. The van der Waals surface area contributed by atoms with Crippen molar-refractivity contribution in [1.82, 2.24) is 5.32 Å². The highest BCUT2D eigenvalue weighted by atomic mass is 32.2. The van der Waals surface area contributed by atoms with Crippen LogP contribution in [0.15, 0.2) is 0 Å². The van der Waals surface area contributed by atoms with Crippen molar-refractivity contribution < 1.29 is 19.1 Å². The predicted molar refractivity (Wildman–Crippen MR) is 104 cm³/mol. The molecule has 0 amide bonds. The standard InChI is InChI=1S/C17H33NO4S2/c1-7-9-10-11-17(23,24)13(15(20)21-8-2)18-12(3)14(19)22-16(4,5)6/h12-13,18,23-24H,7-11H2,1-6H3/t12-,13?/m0/s1. The highest BCUT2D eigenvalue weighted by Gasteiger charge is 2.40. The Labute approximate surface area is 157 Å². The number of esters is 2. The van der Waals surface area contributed by atoms with Crippen LogP contribution < -0.4 is 5.32 Å². The second-order valence-electron chi connectivity index (χ2n) is 6.94. The van der Waals surface area contributed by atoms with Gasteiger partial charge in [0.2, 0.25) is 0 Å². The third-order valence-electron chi connectivity index (χ3n) is 3.31. The average Bonchev–Trinajstić information content (AvgIpc) is 2.42. The maximum atomic E-state index is 12.3. The van der Waals surface area contributed by atoms with Crippen LogP contribution in [-0.2, 0) is 19.1 Å². The molecule has 0 rings (SSSR count). The number of thiol groups is 2. The largest absolute Gasteiger partial charge is 0.465 e. The van der Waals surface area contributed by atoms with Gasteiger partial charge in [0, 0.05) is 0 Å². The topological polar surface area (TPSA) is 64.6 Å². The van der Waals surface area contributed by atoms with Crippen LogP contribution in [0.4, 0.5) is 0 Å². The SMILES string of the molecule is CCCCCC(S)(S)C(N[C@@H](C)C(=O)OC(C)(C)C)C(=O)OCC. The van der Waals surface area contributed by atoms with Crippen LogP contribution in [0.2, 0.25) is 0 Å². The first-order chi connectivity index (χ1) is 10.9. The summed E-state index contributed by atoms with van der Waals surface area (Å²) < 4.78 is 9.56. The van der Waals surface area contributed by atoms with Crippen LogP contribution in [-0.4, -0.2) is 40.3 Å². The molecule has 2 atom stereocenters. The van der Waals surface area contributed by atoms with Gasteiger partial charge in [0.05, 0.1) is 10.7 Å². The molecule has 7 heteroatoms. The minimum absolute atomic E-state index is 0.254. The highest BCUT2D eigenvalue weighted by Crippen LogP contribution is 2.32. The molecule has 0 aromatic heterocycles. The Morgan fingerprint density at radius 2 is 1.67 bits per heavy atom. The van der Waals surface area contributed by atoms with Crippen LogP contribution in [0.1, 0.15) is 67.2 Å². The smallest absolute Gasteiger partial charge is 0.325 e. The van der Waals surface area contributed by atoms with Gasteiger partial charge in [-0.3, -0.25) is 14.9 Å². The zero-order valence-corrected chi connectivity index (χ0v) is 17.5. The lowest BCUT2D eigenvalue weighted by Gasteiger charge is -2.33. The Morgan fingerprint density at radius 3 is 2.12 bits per heavy atom. The predicted octanol–water partition coefficient (Wildman–Crippen LogP) is 3.37. The van der Waals surface area contributed by atoms with E-state index in [1.54, 1.807) is 34.6 Å². The van der Waals surface area contributed by atoms with Crippen molar-refractivity contribution in [3.05, 3.63) is 0 Å². The normalized spacial score (nSPS) is 14.8.